The van der Waals surface area contributed by atoms with Crippen LogP contribution in [0.3, 0.4) is 0 Å². The van der Waals surface area contributed by atoms with E-state index in [1.54, 1.807) is 42.8 Å². The van der Waals surface area contributed by atoms with Crippen molar-refractivity contribution in [3.63, 3.8) is 0 Å². The summed E-state index contributed by atoms with van der Waals surface area (Å²) in [4.78, 5) is 13.9. The highest BCUT2D eigenvalue weighted by molar-refractivity contribution is 5.90. The number of aliphatic hydroxyl groups is 1. The zero-order valence-corrected chi connectivity index (χ0v) is 13.9. The van der Waals surface area contributed by atoms with Crippen molar-refractivity contribution in [3.8, 4) is 5.75 Å². The van der Waals surface area contributed by atoms with E-state index in [0.29, 0.717) is 30.2 Å². The minimum absolute atomic E-state index is 0.0738. The predicted octanol–water partition coefficient (Wildman–Crippen LogP) is 1.60. The van der Waals surface area contributed by atoms with E-state index in [2.05, 4.69) is 15.6 Å². The Bertz CT molecular complexity index is 731. The summed E-state index contributed by atoms with van der Waals surface area (Å²) in [7, 11) is 1.58. The fourth-order valence-corrected chi connectivity index (χ4v) is 2.43. The minimum Gasteiger partial charge on any atom is -0.497 e. The number of nitrogens with one attached hydrogen (secondary N) is 1. The molecule has 1 aromatic carbocycles. The zero-order chi connectivity index (χ0) is 17.3. The van der Waals surface area contributed by atoms with Crippen LogP contribution in [0.1, 0.15) is 25.6 Å². The number of benzene rings is 1. The first-order valence-corrected chi connectivity index (χ1v) is 7.71. The number of carbonyl (C=O) groups excluding carboxylic acids is 1. The molecule has 0 unspecified atom stereocenters. The number of likely N-dealkylation sites (tertiary alicyclic amines) is 1. The number of anilines is 1. The minimum atomic E-state index is -1.02. The summed E-state index contributed by atoms with van der Waals surface area (Å²) >= 11 is 0. The first kappa shape index (κ1) is 16.3. The smallest absolute Gasteiger partial charge is 0.321 e. The summed E-state index contributed by atoms with van der Waals surface area (Å²) in [6.45, 7) is 4.42. The standard InChI is InChI=1S/C16H21N5O3/c1-16(2,23)14-10-21(19-18-14)12-8-20(9-12)15(22)17-11-5-4-6-13(7-11)24-3/h4-7,10,12,23H,8-9H2,1-3H3,(H,17,22). The summed E-state index contributed by atoms with van der Waals surface area (Å²) in [5.74, 6) is 0.691. The van der Waals surface area contributed by atoms with Gasteiger partial charge in [-0.05, 0) is 26.0 Å². The van der Waals surface area contributed by atoms with Gasteiger partial charge >= 0.3 is 6.03 Å². The molecule has 2 heterocycles. The number of nitrogens with zero attached hydrogens (tertiary/aromatic N) is 4. The third kappa shape index (κ3) is 3.33. The number of hydrogen-bond donors (Lipinski definition) is 2. The maximum Gasteiger partial charge on any atom is 0.321 e. The molecule has 0 radical (unpaired) electrons. The molecule has 1 aliphatic heterocycles. The highest BCUT2D eigenvalue weighted by atomic mass is 16.5. The van der Waals surface area contributed by atoms with Crippen molar-refractivity contribution in [1.82, 2.24) is 19.9 Å². The van der Waals surface area contributed by atoms with E-state index in [1.807, 2.05) is 18.2 Å². The van der Waals surface area contributed by atoms with Crippen LogP contribution in [0.5, 0.6) is 5.75 Å². The van der Waals surface area contributed by atoms with Gasteiger partial charge in [0.15, 0.2) is 0 Å². The Kier molecular flexibility index (Phi) is 4.15. The first-order valence-electron chi connectivity index (χ1n) is 7.71. The first-order chi connectivity index (χ1) is 11.4. The Hall–Kier alpha value is -2.61. The molecule has 0 aliphatic carbocycles. The van der Waals surface area contributed by atoms with E-state index in [9.17, 15) is 9.90 Å². The number of methoxy groups -OCH3 is 1. The van der Waals surface area contributed by atoms with Crippen LogP contribution in [-0.2, 0) is 5.60 Å². The molecular weight excluding hydrogens is 310 g/mol. The fraction of sp³-hybridized carbons (Fsp3) is 0.438. The maximum atomic E-state index is 12.2. The monoisotopic (exact) mass is 331 g/mol. The van der Waals surface area contributed by atoms with Gasteiger partial charge in [0.2, 0.25) is 0 Å². The molecule has 1 fully saturated rings. The number of rotatable bonds is 4. The summed E-state index contributed by atoms with van der Waals surface area (Å²) in [5.41, 5.74) is 0.181. The second kappa shape index (κ2) is 6.12. The van der Waals surface area contributed by atoms with Gasteiger partial charge in [0, 0.05) is 24.8 Å². The highest BCUT2D eigenvalue weighted by Crippen LogP contribution is 2.24. The normalized spacial score (nSPS) is 15.1. The molecule has 1 saturated heterocycles. The molecule has 0 bridgehead atoms. The number of amides is 2. The van der Waals surface area contributed by atoms with Crippen molar-refractivity contribution in [2.45, 2.75) is 25.5 Å². The van der Waals surface area contributed by atoms with E-state index in [1.165, 1.54) is 0 Å². The van der Waals surface area contributed by atoms with E-state index in [4.69, 9.17) is 4.74 Å². The largest absolute Gasteiger partial charge is 0.497 e. The lowest BCUT2D eigenvalue weighted by Gasteiger charge is -2.38. The second-order valence-electron chi connectivity index (χ2n) is 6.36. The van der Waals surface area contributed by atoms with E-state index in [-0.39, 0.29) is 12.1 Å². The van der Waals surface area contributed by atoms with Crippen LogP contribution >= 0.6 is 0 Å². The molecule has 24 heavy (non-hydrogen) atoms. The lowest BCUT2D eigenvalue weighted by molar-refractivity contribution is 0.0735. The Morgan fingerprint density at radius 2 is 2.17 bits per heavy atom. The summed E-state index contributed by atoms with van der Waals surface area (Å²) in [6, 6.07) is 7.13. The lowest BCUT2D eigenvalue weighted by atomic mass is 10.1. The van der Waals surface area contributed by atoms with Crippen LogP contribution in [0.4, 0.5) is 10.5 Å². The zero-order valence-electron chi connectivity index (χ0n) is 13.9. The Balaban J connectivity index is 1.56. The van der Waals surface area contributed by atoms with E-state index >= 15 is 0 Å². The predicted molar refractivity (Wildman–Crippen MR) is 87.9 cm³/mol. The third-order valence-electron chi connectivity index (χ3n) is 3.98. The molecule has 1 aromatic heterocycles. The van der Waals surface area contributed by atoms with Gasteiger partial charge in [0.1, 0.15) is 17.0 Å². The molecule has 0 spiro atoms. The molecule has 2 aromatic rings. The molecule has 8 nitrogen and oxygen atoms in total. The Morgan fingerprint density at radius 1 is 1.42 bits per heavy atom. The number of hydrogen-bond acceptors (Lipinski definition) is 5. The average Bonchev–Trinajstić information content (AvgIpc) is 2.95. The molecule has 8 heteroatoms. The van der Waals surface area contributed by atoms with Crippen molar-refractivity contribution in [3.05, 3.63) is 36.2 Å². The van der Waals surface area contributed by atoms with Gasteiger partial charge in [-0.3, -0.25) is 0 Å². The molecule has 0 atom stereocenters. The van der Waals surface area contributed by atoms with Crippen LogP contribution in [0.25, 0.3) is 0 Å². The Labute approximate surface area is 140 Å². The van der Waals surface area contributed by atoms with Crippen LogP contribution in [-0.4, -0.2) is 51.2 Å². The lowest BCUT2D eigenvalue weighted by Crippen LogP contribution is -2.52. The molecule has 2 amide bonds. The van der Waals surface area contributed by atoms with Gasteiger partial charge in [-0.15, -0.1) is 5.10 Å². The maximum absolute atomic E-state index is 12.2. The second-order valence-corrected chi connectivity index (χ2v) is 6.36. The molecule has 3 rings (SSSR count). The van der Waals surface area contributed by atoms with Crippen molar-refractivity contribution in [2.24, 2.45) is 0 Å². The molecule has 128 valence electrons. The van der Waals surface area contributed by atoms with Gasteiger partial charge < -0.3 is 20.1 Å². The topological polar surface area (TPSA) is 92.5 Å². The third-order valence-corrected chi connectivity index (χ3v) is 3.98. The van der Waals surface area contributed by atoms with Crippen LogP contribution in [0.15, 0.2) is 30.5 Å². The van der Waals surface area contributed by atoms with Crippen molar-refractivity contribution < 1.29 is 14.6 Å². The summed E-state index contributed by atoms with van der Waals surface area (Å²) < 4.78 is 6.84. The van der Waals surface area contributed by atoms with Crippen LogP contribution in [0.2, 0.25) is 0 Å². The highest BCUT2D eigenvalue weighted by Gasteiger charge is 2.33. The summed E-state index contributed by atoms with van der Waals surface area (Å²) in [6.07, 6.45) is 1.72. The number of urea groups is 1. The molecule has 0 saturated carbocycles. The number of aromatic nitrogens is 3. The number of ether oxygens (including phenoxy) is 1. The van der Waals surface area contributed by atoms with Gasteiger partial charge in [-0.2, -0.15) is 0 Å². The SMILES string of the molecule is COc1cccc(NC(=O)N2CC(n3cc(C(C)(C)O)nn3)C2)c1. The van der Waals surface area contributed by atoms with Gasteiger partial charge in [-0.1, -0.05) is 11.3 Å². The quantitative estimate of drug-likeness (QED) is 0.888. The summed E-state index contributed by atoms with van der Waals surface area (Å²) in [5, 5.41) is 20.8. The van der Waals surface area contributed by atoms with Crippen molar-refractivity contribution in [2.75, 3.05) is 25.5 Å². The van der Waals surface area contributed by atoms with Crippen molar-refractivity contribution >= 4 is 11.7 Å². The molecule has 2 N–H and O–H groups in total. The van der Waals surface area contributed by atoms with Crippen LogP contribution < -0.4 is 10.1 Å². The van der Waals surface area contributed by atoms with E-state index < -0.39 is 5.60 Å². The van der Waals surface area contributed by atoms with Gasteiger partial charge in [0.05, 0.1) is 19.3 Å². The average molecular weight is 331 g/mol. The number of carbonyl (C=O) groups is 1. The molecular formula is C16H21N5O3. The van der Waals surface area contributed by atoms with Gasteiger partial charge in [-0.25, -0.2) is 9.48 Å². The molecule has 1 aliphatic rings. The van der Waals surface area contributed by atoms with E-state index in [0.717, 1.165) is 0 Å². The van der Waals surface area contributed by atoms with Gasteiger partial charge in [0.25, 0.3) is 0 Å². The van der Waals surface area contributed by atoms with Crippen molar-refractivity contribution in [1.29, 1.82) is 0 Å². The Morgan fingerprint density at radius 3 is 2.79 bits per heavy atom. The fourth-order valence-electron chi connectivity index (χ4n) is 2.43. The van der Waals surface area contributed by atoms with Crippen LogP contribution in [0, 0.1) is 0 Å².